The first-order chi connectivity index (χ1) is 10.7. The van der Waals surface area contributed by atoms with Gasteiger partial charge in [0, 0.05) is 30.6 Å². The predicted molar refractivity (Wildman–Crippen MR) is 83.7 cm³/mol. The molecule has 0 spiro atoms. The molecule has 6 heteroatoms. The maximum absolute atomic E-state index is 11.7. The lowest BCUT2D eigenvalue weighted by molar-refractivity contribution is -0.122. The number of hydrogen-bond acceptors (Lipinski definition) is 4. The summed E-state index contributed by atoms with van der Waals surface area (Å²) in [7, 11) is 0. The Morgan fingerprint density at radius 1 is 1.41 bits per heavy atom. The fourth-order valence-electron chi connectivity index (χ4n) is 2.54. The van der Waals surface area contributed by atoms with Crippen molar-refractivity contribution in [3.8, 4) is 11.9 Å². The first kappa shape index (κ1) is 16.6. The van der Waals surface area contributed by atoms with Crippen molar-refractivity contribution >= 4 is 17.5 Å². The zero-order valence-electron chi connectivity index (χ0n) is 12.4. The van der Waals surface area contributed by atoms with E-state index in [0.29, 0.717) is 23.7 Å². The molecule has 118 valence electrons. The largest absolute Gasteiger partial charge is 0.474 e. The van der Waals surface area contributed by atoms with Gasteiger partial charge in [-0.2, -0.15) is 5.26 Å². The molecule has 5 nitrogen and oxygen atoms in total. The zero-order chi connectivity index (χ0) is 15.8. The average Bonchev–Trinajstić information content (AvgIpc) is 2.55. The van der Waals surface area contributed by atoms with Gasteiger partial charge < -0.3 is 10.1 Å². The summed E-state index contributed by atoms with van der Waals surface area (Å²) in [5, 5.41) is 11.8. The zero-order valence-corrected chi connectivity index (χ0v) is 13.2. The number of carbonyl (C=O) groups excluding carboxylic acids is 1. The number of alkyl halides is 1. The van der Waals surface area contributed by atoms with Crippen LogP contribution in [0.25, 0.3) is 0 Å². The standard InChI is InChI=1S/C16H20ClN3O2/c17-9-1-2-15(21)20-13-4-6-14(7-5-13)22-16-8-3-12(10-18)11-19-16/h3,8,11,13-14H,1-2,4-7,9H2,(H,20,21). The number of aromatic nitrogens is 1. The molecule has 0 unspecified atom stereocenters. The van der Waals surface area contributed by atoms with Crippen molar-refractivity contribution in [2.45, 2.75) is 50.7 Å². The average molecular weight is 322 g/mol. The summed E-state index contributed by atoms with van der Waals surface area (Å²) in [5.41, 5.74) is 0.524. The molecule has 1 aliphatic rings. The number of ether oxygens (including phenoxy) is 1. The van der Waals surface area contributed by atoms with E-state index >= 15 is 0 Å². The van der Waals surface area contributed by atoms with Gasteiger partial charge in [-0.3, -0.25) is 4.79 Å². The highest BCUT2D eigenvalue weighted by molar-refractivity contribution is 6.17. The molecule has 1 N–H and O–H groups in total. The number of amides is 1. The van der Waals surface area contributed by atoms with Crippen LogP contribution in [0, 0.1) is 11.3 Å². The molecule has 22 heavy (non-hydrogen) atoms. The quantitative estimate of drug-likeness (QED) is 0.817. The number of pyridine rings is 1. The highest BCUT2D eigenvalue weighted by Gasteiger charge is 2.23. The molecule has 0 bridgehead atoms. The molecule has 1 amide bonds. The fraction of sp³-hybridized carbons (Fsp3) is 0.562. The maximum Gasteiger partial charge on any atom is 0.220 e. The van der Waals surface area contributed by atoms with Crippen LogP contribution < -0.4 is 10.1 Å². The van der Waals surface area contributed by atoms with E-state index in [-0.39, 0.29) is 18.1 Å². The first-order valence-corrected chi connectivity index (χ1v) is 8.13. The third-order valence-electron chi connectivity index (χ3n) is 3.73. The Balaban J connectivity index is 1.72. The highest BCUT2D eigenvalue weighted by atomic mass is 35.5. The highest BCUT2D eigenvalue weighted by Crippen LogP contribution is 2.23. The summed E-state index contributed by atoms with van der Waals surface area (Å²) in [5.74, 6) is 1.15. The van der Waals surface area contributed by atoms with Crippen LogP contribution in [-0.2, 0) is 4.79 Å². The first-order valence-electron chi connectivity index (χ1n) is 7.59. The SMILES string of the molecule is N#Cc1ccc(OC2CCC(NC(=O)CCCCl)CC2)nc1. The van der Waals surface area contributed by atoms with Gasteiger partial charge in [0.2, 0.25) is 11.8 Å². The van der Waals surface area contributed by atoms with Crippen molar-refractivity contribution in [2.75, 3.05) is 5.88 Å². The monoisotopic (exact) mass is 321 g/mol. The van der Waals surface area contributed by atoms with E-state index < -0.39 is 0 Å². The number of nitrogens with zero attached hydrogens (tertiary/aromatic N) is 2. The summed E-state index contributed by atoms with van der Waals surface area (Å²) >= 11 is 5.58. The van der Waals surface area contributed by atoms with Crippen LogP contribution in [0.2, 0.25) is 0 Å². The van der Waals surface area contributed by atoms with Crippen molar-refractivity contribution < 1.29 is 9.53 Å². The molecule has 0 aliphatic heterocycles. The van der Waals surface area contributed by atoms with Gasteiger partial charge in [0.25, 0.3) is 0 Å². The smallest absolute Gasteiger partial charge is 0.220 e. The molecular weight excluding hydrogens is 302 g/mol. The van der Waals surface area contributed by atoms with Crippen molar-refractivity contribution in [3.05, 3.63) is 23.9 Å². The van der Waals surface area contributed by atoms with Crippen molar-refractivity contribution in [3.63, 3.8) is 0 Å². The van der Waals surface area contributed by atoms with Crippen LogP contribution in [0.15, 0.2) is 18.3 Å². The van der Waals surface area contributed by atoms with Gasteiger partial charge in [-0.15, -0.1) is 11.6 Å². The lowest BCUT2D eigenvalue weighted by Crippen LogP contribution is -2.39. The van der Waals surface area contributed by atoms with Crippen molar-refractivity contribution in [1.82, 2.24) is 10.3 Å². The van der Waals surface area contributed by atoms with E-state index in [9.17, 15) is 4.79 Å². The molecule has 1 saturated carbocycles. The summed E-state index contributed by atoms with van der Waals surface area (Å²) < 4.78 is 5.82. The van der Waals surface area contributed by atoms with E-state index in [1.165, 1.54) is 6.20 Å². The Kier molecular flexibility index (Phi) is 6.47. The molecule has 0 radical (unpaired) electrons. The molecule has 1 aromatic heterocycles. The lowest BCUT2D eigenvalue weighted by atomic mass is 9.93. The van der Waals surface area contributed by atoms with Crippen LogP contribution in [0.4, 0.5) is 0 Å². The minimum absolute atomic E-state index is 0.0822. The number of hydrogen-bond donors (Lipinski definition) is 1. The van der Waals surface area contributed by atoms with Crippen LogP contribution in [-0.4, -0.2) is 28.9 Å². The van der Waals surface area contributed by atoms with Gasteiger partial charge in [0.05, 0.1) is 5.56 Å². The molecule has 0 aromatic carbocycles. The second kappa shape index (κ2) is 8.60. The van der Waals surface area contributed by atoms with E-state index in [1.807, 2.05) is 6.07 Å². The molecule has 1 fully saturated rings. The summed E-state index contributed by atoms with van der Waals surface area (Å²) in [6.45, 7) is 0. The minimum atomic E-state index is 0.0822. The third-order valence-corrected chi connectivity index (χ3v) is 4.00. The topological polar surface area (TPSA) is 75.0 Å². The Morgan fingerprint density at radius 3 is 2.77 bits per heavy atom. The second-order valence-corrected chi connectivity index (χ2v) is 5.83. The number of halogens is 1. The van der Waals surface area contributed by atoms with Gasteiger partial charge >= 0.3 is 0 Å². The van der Waals surface area contributed by atoms with Gasteiger partial charge in [-0.25, -0.2) is 4.98 Å². The van der Waals surface area contributed by atoms with Crippen LogP contribution in [0.5, 0.6) is 5.88 Å². The Hall–Kier alpha value is -1.80. The van der Waals surface area contributed by atoms with Crippen molar-refractivity contribution in [2.24, 2.45) is 0 Å². The molecule has 0 saturated heterocycles. The normalized spacial score (nSPS) is 20.9. The number of carbonyl (C=O) groups is 1. The Morgan fingerprint density at radius 2 is 2.18 bits per heavy atom. The van der Waals surface area contributed by atoms with Crippen LogP contribution in [0.3, 0.4) is 0 Å². The van der Waals surface area contributed by atoms with Gasteiger partial charge in [0.15, 0.2) is 0 Å². The van der Waals surface area contributed by atoms with E-state index in [1.54, 1.807) is 12.1 Å². The van der Waals surface area contributed by atoms with Gasteiger partial charge in [-0.1, -0.05) is 0 Å². The summed E-state index contributed by atoms with van der Waals surface area (Å²) in [4.78, 5) is 15.8. The summed E-state index contributed by atoms with van der Waals surface area (Å²) in [6, 6.07) is 5.68. The summed E-state index contributed by atoms with van der Waals surface area (Å²) in [6.07, 6.45) is 6.45. The van der Waals surface area contributed by atoms with Crippen LogP contribution in [0.1, 0.15) is 44.1 Å². The van der Waals surface area contributed by atoms with E-state index in [4.69, 9.17) is 21.6 Å². The fourth-order valence-corrected chi connectivity index (χ4v) is 2.67. The lowest BCUT2D eigenvalue weighted by Gasteiger charge is -2.29. The maximum atomic E-state index is 11.7. The minimum Gasteiger partial charge on any atom is -0.474 e. The third kappa shape index (κ3) is 5.19. The Labute approximate surface area is 135 Å². The molecule has 0 atom stereocenters. The van der Waals surface area contributed by atoms with E-state index in [0.717, 1.165) is 32.1 Å². The Bertz CT molecular complexity index is 519. The molecule has 1 aliphatic carbocycles. The second-order valence-electron chi connectivity index (χ2n) is 5.45. The predicted octanol–water partition coefficient (Wildman–Crippen LogP) is 2.78. The van der Waals surface area contributed by atoms with E-state index in [2.05, 4.69) is 10.3 Å². The molecule has 2 rings (SSSR count). The number of rotatable bonds is 6. The molecule has 1 aromatic rings. The number of nitrogens with one attached hydrogen (secondary N) is 1. The molecule has 1 heterocycles. The van der Waals surface area contributed by atoms with Gasteiger partial charge in [-0.05, 0) is 38.2 Å². The van der Waals surface area contributed by atoms with Crippen LogP contribution >= 0.6 is 11.6 Å². The number of nitriles is 1. The van der Waals surface area contributed by atoms with Crippen molar-refractivity contribution in [1.29, 1.82) is 5.26 Å². The molecular formula is C16H20ClN3O2. The van der Waals surface area contributed by atoms with Gasteiger partial charge in [0.1, 0.15) is 12.2 Å².